The lowest BCUT2D eigenvalue weighted by Crippen LogP contribution is -2.48. The van der Waals surface area contributed by atoms with Crippen LogP contribution in [0.2, 0.25) is 0 Å². The van der Waals surface area contributed by atoms with E-state index in [0.717, 1.165) is 40.9 Å². The number of nitrogens with zero attached hydrogens (tertiary/aromatic N) is 4. The lowest BCUT2D eigenvalue weighted by Gasteiger charge is -2.34. The zero-order valence-corrected chi connectivity index (χ0v) is 33.7. The van der Waals surface area contributed by atoms with Crippen molar-refractivity contribution in [1.29, 1.82) is 0 Å². The smallest absolute Gasteiger partial charge is 0.464 e. The van der Waals surface area contributed by atoms with Crippen LogP contribution in [0.25, 0.3) is 39.5 Å². The van der Waals surface area contributed by atoms with E-state index in [9.17, 15) is 32.4 Å². The number of fused-ring (bicyclic) bond motifs is 5. The van der Waals surface area contributed by atoms with Gasteiger partial charge in [0.25, 0.3) is 5.56 Å². The van der Waals surface area contributed by atoms with Gasteiger partial charge in [-0.05, 0) is 53.0 Å². The summed E-state index contributed by atoms with van der Waals surface area (Å²) in [6.07, 6.45) is 8.59. The van der Waals surface area contributed by atoms with E-state index in [1.54, 1.807) is 40.0 Å². The van der Waals surface area contributed by atoms with E-state index >= 15 is 0 Å². The van der Waals surface area contributed by atoms with Crippen molar-refractivity contribution in [3.8, 4) is 0 Å². The molecule has 0 unspecified atom stereocenters. The minimum absolute atomic E-state index is 0.0746. The van der Waals surface area contributed by atoms with E-state index in [1.807, 2.05) is 18.5 Å². The molecule has 0 saturated carbocycles. The van der Waals surface area contributed by atoms with Crippen LogP contribution in [0.4, 0.5) is 9.59 Å². The van der Waals surface area contributed by atoms with E-state index < -0.39 is 74.9 Å². The molecule has 0 radical (unpaired) electrons. The maximum Gasteiger partial charge on any atom is 0.509 e. The van der Waals surface area contributed by atoms with Crippen LogP contribution in [-0.2, 0) is 61.9 Å². The summed E-state index contributed by atoms with van der Waals surface area (Å²) in [6.45, 7) is 9.53. The van der Waals surface area contributed by atoms with E-state index in [2.05, 4.69) is 16.8 Å². The Balaban J connectivity index is 1.29. The molecule has 0 spiro atoms. The van der Waals surface area contributed by atoms with E-state index in [0.29, 0.717) is 29.4 Å². The Labute approximate surface area is 327 Å². The molecular weight excluding hydrogens is 763 g/mol. The van der Waals surface area contributed by atoms with Crippen molar-refractivity contribution >= 4 is 73.5 Å². The number of carbonyl (C=O) groups is 4. The van der Waals surface area contributed by atoms with Gasteiger partial charge < -0.3 is 33.6 Å². The molecule has 2 aliphatic rings. The number of alkyl carbamates (subject to hydrolysis) is 1. The maximum atomic E-state index is 14.2. The summed E-state index contributed by atoms with van der Waals surface area (Å²) in [5.74, 6) is -3.59. The minimum Gasteiger partial charge on any atom is -0.464 e. The number of nitrogens with one attached hydrogen (secondary N) is 1. The first-order valence-electron chi connectivity index (χ1n) is 19.0. The molecule has 4 aromatic rings. The number of sulfone groups is 1. The second kappa shape index (κ2) is 16.1. The lowest BCUT2D eigenvalue weighted by molar-refractivity contribution is -0.175. The van der Waals surface area contributed by atoms with Crippen molar-refractivity contribution in [3.63, 3.8) is 0 Å². The molecule has 1 N–H and O–H groups in total. The average Bonchev–Trinajstić information content (AvgIpc) is 3.51. The highest BCUT2D eigenvalue weighted by Gasteiger charge is 2.50. The highest BCUT2D eigenvalue weighted by atomic mass is 32.2. The molecule has 4 aromatic heterocycles. The third-order valence-electron chi connectivity index (χ3n) is 9.75. The number of hydrogen-bond donors (Lipinski definition) is 1. The fourth-order valence-corrected chi connectivity index (χ4v) is 8.34. The van der Waals surface area contributed by atoms with Gasteiger partial charge in [0.2, 0.25) is 5.60 Å². The molecular formula is C39H47N5O12S. The normalized spacial score (nSPS) is 16.9. The van der Waals surface area contributed by atoms with Crippen LogP contribution in [0.1, 0.15) is 84.8 Å². The molecule has 306 valence electrons. The van der Waals surface area contributed by atoms with E-state index in [-0.39, 0.29) is 30.8 Å². The average molecular weight is 810 g/mol. The van der Waals surface area contributed by atoms with Crippen LogP contribution in [0, 0.1) is 0 Å². The van der Waals surface area contributed by atoms with Gasteiger partial charge in [0.1, 0.15) is 24.9 Å². The summed E-state index contributed by atoms with van der Waals surface area (Å²) in [5, 5.41) is 5.33. The summed E-state index contributed by atoms with van der Waals surface area (Å²) in [5.41, 5.74) is -1.55. The third-order valence-corrected chi connectivity index (χ3v) is 11.4. The Morgan fingerprint density at radius 2 is 1.82 bits per heavy atom. The first kappa shape index (κ1) is 41.1. The Kier molecular flexibility index (Phi) is 11.7. The number of aromatic nitrogens is 4. The van der Waals surface area contributed by atoms with Gasteiger partial charge in [-0.15, -0.1) is 0 Å². The number of cyclic esters (lactones) is 1. The van der Waals surface area contributed by atoms with Crippen molar-refractivity contribution in [2.24, 2.45) is 0 Å². The minimum atomic E-state index is -4.17. The largest absolute Gasteiger partial charge is 0.509 e. The molecule has 0 bridgehead atoms. The van der Waals surface area contributed by atoms with Crippen LogP contribution in [0.3, 0.4) is 0 Å². The molecule has 0 aromatic carbocycles. The summed E-state index contributed by atoms with van der Waals surface area (Å²) in [7, 11) is -4.17. The molecule has 0 saturated heterocycles. The number of aryl methyl sites for hydroxylation is 1. The highest BCUT2D eigenvalue weighted by molar-refractivity contribution is 7.91. The maximum absolute atomic E-state index is 14.2. The van der Waals surface area contributed by atoms with Crippen LogP contribution in [0.15, 0.2) is 23.4 Å². The Morgan fingerprint density at radius 1 is 1.07 bits per heavy atom. The molecule has 0 fully saturated rings. The first-order chi connectivity index (χ1) is 27.0. The highest BCUT2D eigenvalue weighted by Crippen LogP contribution is 2.39. The fourth-order valence-electron chi connectivity index (χ4n) is 7.11. The van der Waals surface area contributed by atoms with Crippen molar-refractivity contribution in [2.75, 3.05) is 24.7 Å². The van der Waals surface area contributed by atoms with Gasteiger partial charge in [-0.25, -0.2) is 37.6 Å². The Morgan fingerprint density at radius 3 is 2.53 bits per heavy atom. The second-order valence-electron chi connectivity index (χ2n) is 14.9. The Bertz CT molecular complexity index is 2570. The Hall–Kier alpha value is -5.52. The third kappa shape index (κ3) is 8.31. The van der Waals surface area contributed by atoms with Crippen molar-refractivity contribution in [2.45, 2.75) is 104 Å². The zero-order chi connectivity index (χ0) is 41.3. The predicted molar refractivity (Wildman–Crippen MR) is 207 cm³/mol. The number of rotatable bonds is 14. The SMILES string of the molecule is CCCCCn1cnc2c3c(nc4c(cn5c(=O)c6c(cc45)[C@](CC)(OC(=O)OCCS(=O)(=O)C[C@H](NC(=O)OC(C)(C)C)C(=O)OCC)C(=O)OC6)c31)=CCC=2. The number of pyridine rings is 2. The standard InChI is InChI=1S/C39H47N5O12S/c1-7-10-11-15-43-22-40-26-13-12-14-27-30(26)32(43)23-19-44-29(31(23)41-27)18-25-24(33(44)45)20-54-35(47)39(25,8-2)56-37(49)53-16-17-57(50,51)21-28(34(46)52-9-3)42-36(48)55-38(4,5)6/h13-14,18-19,22,28H,7-12,15-17,20-21H2,1-6H3,(H,42,48)/t28-,39-/m0/s1. The van der Waals surface area contributed by atoms with Crippen LogP contribution in [0.5, 0.6) is 0 Å². The molecule has 1 amide bonds. The second-order valence-corrected chi connectivity index (χ2v) is 17.1. The number of amides is 1. The lowest BCUT2D eigenvalue weighted by atomic mass is 9.86. The predicted octanol–water partition coefficient (Wildman–Crippen LogP) is 3.04. The molecule has 17 nitrogen and oxygen atoms in total. The van der Waals surface area contributed by atoms with Crippen molar-refractivity contribution < 1.29 is 51.3 Å². The topological polar surface area (TPSA) is 213 Å². The van der Waals surface area contributed by atoms with Gasteiger partial charge in [-0.2, -0.15) is 0 Å². The molecule has 2 atom stereocenters. The molecule has 1 aliphatic heterocycles. The quantitative estimate of drug-likeness (QED) is 0.110. The monoisotopic (exact) mass is 809 g/mol. The van der Waals surface area contributed by atoms with Crippen molar-refractivity contribution in [1.82, 2.24) is 24.3 Å². The van der Waals surface area contributed by atoms with Crippen LogP contribution < -0.4 is 21.6 Å². The number of esters is 2. The summed E-state index contributed by atoms with van der Waals surface area (Å²) in [6, 6.07) is 0.00209. The van der Waals surface area contributed by atoms with E-state index in [1.165, 1.54) is 11.3 Å². The summed E-state index contributed by atoms with van der Waals surface area (Å²) < 4.78 is 55.9. The van der Waals surface area contributed by atoms with Gasteiger partial charge in [-0.1, -0.05) is 38.8 Å². The number of unbranched alkanes of at least 4 members (excludes halogenated alkanes) is 2. The molecule has 57 heavy (non-hydrogen) atoms. The van der Waals surface area contributed by atoms with Crippen LogP contribution in [-0.4, -0.2) is 87.9 Å². The summed E-state index contributed by atoms with van der Waals surface area (Å²) in [4.78, 5) is 75.5. The van der Waals surface area contributed by atoms with E-state index in [4.69, 9.17) is 33.7 Å². The van der Waals surface area contributed by atoms with Crippen LogP contribution >= 0.6 is 0 Å². The van der Waals surface area contributed by atoms with Gasteiger partial charge in [0.15, 0.2) is 9.84 Å². The van der Waals surface area contributed by atoms with Gasteiger partial charge in [-0.3, -0.25) is 9.20 Å². The molecule has 6 rings (SSSR count). The number of hydrogen-bond acceptors (Lipinski definition) is 14. The van der Waals surface area contributed by atoms with Gasteiger partial charge >= 0.3 is 24.2 Å². The molecule has 5 heterocycles. The number of ether oxygens (including phenoxy) is 5. The van der Waals surface area contributed by atoms with Crippen molar-refractivity contribution in [3.05, 3.63) is 50.8 Å². The fraction of sp³-hybridized carbons (Fsp3) is 0.513. The molecule has 18 heteroatoms. The zero-order valence-electron chi connectivity index (χ0n) is 32.8. The first-order valence-corrected chi connectivity index (χ1v) is 20.8. The summed E-state index contributed by atoms with van der Waals surface area (Å²) >= 11 is 0. The van der Waals surface area contributed by atoms with Gasteiger partial charge in [0, 0.05) is 29.1 Å². The number of carbonyl (C=O) groups excluding carboxylic acids is 4. The van der Waals surface area contributed by atoms with Gasteiger partial charge in [0.05, 0.1) is 57.3 Å². The molecule has 1 aliphatic carbocycles.